The molecule has 0 radical (unpaired) electrons. The molecular formula is C27H29NO3. The molecule has 1 fully saturated rings. The van der Waals surface area contributed by atoms with E-state index in [-0.39, 0.29) is 5.91 Å². The molecular weight excluding hydrogens is 386 g/mol. The summed E-state index contributed by atoms with van der Waals surface area (Å²) in [5.41, 5.74) is 4.51. The normalized spacial score (nSPS) is 14.3. The van der Waals surface area contributed by atoms with E-state index >= 15 is 0 Å². The Morgan fingerprint density at radius 1 is 0.839 bits per heavy atom. The Morgan fingerprint density at radius 2 is 1.48 bits per heavy atom. The van der Waals surface area contributed by atoms with Crippen molar-refractivity contribution >= 4 is 5.91 Å². The number of ether oxygens (including phenoxy) is 2. The molecule has 3 aromatic rings. The number of piperidine rings is 1. The van der Waals surface area contributed by atoms with Gasteiger partial charge in [-0.1, -0.05) is 54.6 Å². The Kier molecular flexibility index (Phi) is 6.56. The van der Waals surface area contributed by atoms with Gasteiger partial charge < -0.3 is 14.4 Å². The summed E-state index contributed by atoms with van der Waals surface area (Å²) in [4.78, 5) is 14.9. The molecule has 1 saturated heterocycles. The van der Waals surface area contributed by atoms with Crippen LogP contribution in [0.2, 0.25) is 0 Å². The molecule has 31 heavy (non-hydrogen) atoms. The van der Waals surface area contributed by atoms with E-state index in [4.69, 9.17) is 9.47 Å². The summed E-state index contributed by atoms with van der Waals surface area (Å²) in [5, 5.41) is 0. The van der Waals surface area contributed by atoms with Crippen LogP contribution in [-0.2, 0) is 6.42 Å². The number of carbonyl (C=O) groups excluding carboxylic acids is 1. The Balaban J connectivity index is 1.33. The number of nitrogens with zero attached hydrogens (tertiary/aromatic N) is 1. The van der Waals surface area contributed by atoms with Gasteiger partial charge in [0.2, 0.25) is 0 Å². The zero-order valence-electron chi connectivity index (χ0n) is 18.2. The average molecular weight is 416 g/mol. The van der Waals surface area contributed by atoms with Crippen molar-refractivity contribution in [1.82, 2.24) is 4.90 Å². The number of benzene rings is 3. The van der Waals surface area contributed by atoms with Gasteiger partial charge in [-0.05, 0) is 60.1 Å². The second-order valence-electron chi connectivity index (χ2n) is 8.07. The first-order valence-electron chi connectivity index (χ1n) is 10.8. The molecule has 4 heteroatoms. The van der Waals surface area contributed by atoms with Crippen LogP contribution in [0.5, 0.6) is 11.5 Å². The molecule has 0 bridgehead atoms. The lowest BCUT2D eigenvalue weighted by Gasteiger charge is -2.32. The minimum Gasteiger partial charge on any atom is -0.493 e. The number of likely N-dealkylation sites (tertiary alicyclic amines) is 1. The highest BCUT2D eigenvalue weighted by molar-refractivity contribution is 5.95. The number of carbonyl (C=O) groups is 1. The third-order valence-corrected chi connectivity index (χ3v) is 6.12. The Hall–Kier alpha value is -3.27. The maximum Gasteiger partial charge on any atom is 0.253 e. The summed E-state index contributed by atoms with van der Waals surface area (Å²) in [7, 11) is 3.18. The number of hydrogen-bond acceptors (Lipinski definition) is 3. The first kappa shape index (κ1) is 21.0. The summed E-state index contributed by atoms with van der Waals surface area (Å²) < 4.78 is 10.6. The average Bonchev–Trinajstić information content (AvgIpc) is 2.84. The molecule has 0 spiro atoms. The highest BCUT2D eigenvalue weighted by atomic mass is 16.5. The van der Waals surface area contributed by atoms with E-state index < -0.39 is 0 Å². The predicted octanol–water partition coefficient (Wildman–Crippen LogP) is 5.47. The molecule has 0 aliphatic carbocycles. The molecule has 1 heterocycles. The third-order valence-electron chi connectivity index (χ3n) is 6.12. The molecule has 1 aliphatic heterocycles. The van der Waals surface area contributed by atoms with Crippen LogP contribution in [0.4, 0.5) is 0 Å². The maximum absolute atomic E-state index is 12.9. The lowest BCUT2D eigenvalue weighted by molar-refractivity contribution is 0.0690. The summed E-state index contributed by atoms with van der Waals surface area (Å²) in [6.07, 6.45) is 3.12. The van der Waals surface area contributed by atoms with Gasteiger partial charge in [-0.25, -0.2) is 0 Å². The van der Waals surface area contributed by atoms with Crippen LogP contribution in [0, 0.1) is 5.92 Å². The fourth-order valence-electron chi connectivity index (χ4n) is 4.29. The molecule has 0 aromatic heterocycles. The van der Waals surface area contributed by atoms with Crippen molar-refractivity contribution in [2.45, 2.75) is 19.3 Å². The van der Waals surface area contributed by atoms with E-state index in [2.05, 4.69) is 48.5 Å². The molecule has 160 valence electrons. The number of amides is 1. The zero-order chi connectivity index (χ0) is 21.6. The second-order valence-corrected chi connectivity index (χ2v) is 8.07. The molecule has 0 N–H and O–H groups in total. The van der Waals surface area contributed by atoms with Gasteiger partial charge >= 0.3 is 0 Å². The molecule has 0 atom stereocenters. The quantitative estimate of drug-likeness (QED) is 0.536. The highest BCUT2D eigenvalue weighted by Gasteiger charge is 2.24. The Morgan fingerprint density at radius 3 is 2.13 bits per heavy atom. The van der Waals surface area contributed by atoms with Crippen LogP contribution in [0.25, 0.3) is 11.1 Å². The molecule has 1 aliphatic rings. The molecule has 0 saturated carbocycles. The second kappa shape index (κ2) is 9.69. The molecule has 4 rings (SSSR count). The topological polar surface area (TPSA) is 38.8 Å². The fraction of sp³-hybridized carbons (Fsp3) is 0.296. The van der Waals surface area contributed by atoms with Crippen molar-refractivity contribution < 1.29 is 14.3 Å². The van der Waals surface area contributed by atoms with Gasteiger partial charge in [0.05, 0.1) is 14.2 Å². The standard InChI is InChI=1S/C27H29NO3/c1-30-25-13-12-24(19-26(25)31-2)27(29)28-16-14-21(15-17-28)18-20-8-10-23(11-9-20)22-6-4-3-5-7-22/h3-13,19,21H,14-18H2,1-2H3. The minimum absolute atomic E-state index is 0.0617. The third kappa shape index (κ3) is 4.91. The van der Waals surface area contributed by atoms with Gasteiger partial charge in [-0.15, -0.1) is 0 Å². The van der Waals surface area contributed by atoms with E-state index in [0.29, 0.717) is 23.0 Å². The van der Waals surface area contributed by atoms with Crippen molar-refractivity contribution in [3.8, 4) is 22.6 Å². The van der Waals surface area contributed by atoms with Gasteiger partial charge in [0, 0.05) is 18.7 Å². The lowest BCUT2D eigenvalue weighted by atomic mass is 9.89. The summed E-state index contributed by atoms with van der Waals surface area (Å²) in [5.74, 6) is 1.89. The van der Waals surface area contributed by atoms with E-state index in [0.717, 1.165) is 32.4 Å². The van der Waals surface area contributed by atoms with Crippen LogP contribution in [0.15, 0.2) is 72.8 Å². The smallest absolute Gasteiger partial charge is 0.253 e. The summed E-state index contributed by atoms with van der Waals surface area (Å²) >= 11 is 0. The van der Waals surface area contributed by atoms with Gasteiger partial charge in [0.25, 0.3) is 5.91 Å². The van der Waals surface area contributed by atoms with Gasteiger partial charge in [0.15, 0.2) is 11.5 Å². The Labute approximate surface area is 184 Å². The molecule has 1 amide bonds. The van der Waals surface area contributed by atoms with Gasteiger partial charge in [-0.3, -0.25) is 4.79 Å². The lowest BCUT2D eigenvalue weighted by Crippen LogP contribution is -2.38. The summed E-state index contributed by atoms with van der Waals surface area (Å²) in [6.45, 7) is 1.58. The molecule has 3 aromatic carbocycles. The molecule has 4 nitrogen and oxygen atoms in total. The zero-order valence-corrected chi connectivity index (χ0v) is 18.2. The SMILES string of the molecule is COc1ccc(C(=O)N2CCC(Cc3ccc(-c4ccccc4)cc3)CC2)cc1OC. The van der Waals surface area contributed by atoms with Gasteiger partial charge in [-0.2, -0.15) is 0 Å². The monoisotopic (exact) mass is 415 g/mol. The largest absolute Gasteiger partial charge is 0.493 e. The van der Waals surface area contributed by atoms with Crippen LogP contribution in [0.1, 0.15) is 28.8 Å². The van der Waals surface area contributed by atoms with Crippen molar-refractivity contribution in [2.24, 2.45) is 5.92 Å². The van der Waals surface area contributed by atoms with Crippen LogP contribution in [0.3, 0.4) is 0 Å². The van der Waals surface area contributed by atoms with Crippen molar-refractivity contribution in [3.63, 3.8) is 0 Å². The number of rotatable bonds is 6. The van der Waals surface area contributed by atoms with Crippen molar-refractivity contribution in [2.75, 3.05) is 27.3 Å². The van der Waals surface area contributed by atoms with E-state index in [9.17, 15) is 4.79 Å². The van der Waals surface area contributed by atoms with Gasteiger partial charge in [0.1, 0.15) is 0 Å². The first-order chi connectivity index (χ1) is 15.2. The summed E-state index contributed by atoms with van der Waals surface area (Å²) in [6, 6.07) is 24.7. The van der Waals surface area contributed by atoms with Crippen molar-refractivity contribution in [1.29, 1.82) is 0 Å². The van der Waals surface area contributed by atoms with Crippen LogP contribution >= 0.6 is 0 Å². The maximum atomic E-state index is 12.9. The van der Waals surface area contributed by atoms with Crippen LogP contribution in [-0.4, -0.2) is 38.1 Å². The predicted molar refractivity (Wildman–Crippen MR) is 124 cm³/mol. The Bertz CT molecular complexity index is 1010. The highest BCUT2D eigenvalue weighted by Crippen LogP contribution is 2.29. The van der Waals surface area contributed by atoms with Crippen LogP contribution < -0.4 is 9.47 Å². The minimum atomic E-state index is 0.0617. The number of hydrogen-bond donors (Lipinski definition) is 0. The first-order valence-corrected chi connectivity index (χ1v) is 10.8. The van der Waals surface area contributed by atoms with E-state index in [1.54, 1.807) is 26.4 Å². The molecule has 0 unspecified atom stereocenters. The van der Waals surface area contributed by atoms with E-state index in [1.807, 2.05) is 17.0 Å². The number of methoxy groups -OCH3 is 2. The van der Waals surface area contributed by atoms with E-state index in [1.165, 1.54) is 16.7 Å². The van der Waals surface area contributed by atoms with Crippen molar-refractivity contribution in [3.05, 3.63) is 83.9 Å². The fourth-order valence-corrected chi connectivity index (χ4v) is 4.29.